The Balaban J connectivity index is 2.97. The van der Waals surface area contributed by atoms with Gasteiger partial charge in [0, 0.05) is 11.8 Å². The smallest absolute Gasteiger partial charge is 0.0129 e. The van der Waals surface area contributed by atoms with Crippen molar-refractivity contribution in [3.8, 4) is 0 Å². The molecule has 0 saturated carbocycles. The van der Waals surface area contributed by atoms with Gasteiger partial charge < -0.3 is 5.32 Å². The van der Waals surface area contributed by atoms with Crippen LogP contribution in [-0.4, -0.2) is 24.6 Å². The topological polar surface area (TPSA) is 12.0 Å². The van der Waals surface area contributed by atoms with Crippen molar-refractivity contribution in [3.63, 3.8) is 0 Å². The summed E-state index contributed by atoms with van der Waals surface area (Å²) in [5.41, 5.74) is 0. The first kappa shape index (κ1) is 10.3. The molecule has 0 aromatic carbocycles. The van der Waals surface area contributed by atoms with Crippen molar-refractivity contribution in [2.75, 3.05) is 18.6 Å². The Kier molecular flexibility index (Phi) is 7.65. The van der Waals surface area contributed by atoms with Crippen LogP contribution in [0.25, 0.3) is 0 Å². The third-order valence-electron chi connectivity index (χ3n) is 1.44. The molecule has 0 aliphatic carbocycles. The molecule has 0 heterocycles. The molecule has 62 valence electrons. The number of rotatable bonds is 6. The lowest BCUT2D eigenvalue weighted by molar-refractivity contribution is 0.572. The third kappa shape index (κ3) is 6.43. The highest BCUT2D eigenvalue weighted by Crippen LogP contribution is 1.95. The van der Waals surface area contributed by atoms with Gasteiger partial charge in [-0.3, -0.25) is 0 Å². The van der Waals surface area contributed by atoms with Crippen molar-refractivity contribution >= 4 is 11.8 Å². The van der Waals surface area contributed by atoms with Gasteiger partial charge in [-0.25, -0.2) is 0 Å². The van der Waals surface area contributed by atoms with E-state index in [1.165, 1.54) is 25.1 Å². The van der Waals surface area contributed by atoms with Crippen LogP contribution in [0.2, 0.25) is 0 Å². The summed E-state index contributed by atoms with van der Waals surface area (Å²) in [5, 5.41) is 3.46. The standard InChI is InChI=1S/C8H19NS/c1-4-5-6-9-8(2)7-10-3/h8-9H,4-7H2,1-3H3. The van der Waals surface area contributed by atoms with Crippen LogP contribution in [-0.2, 0) is 0 Å². The van der Waals surface area contributed by atoms with E-state index in [1.807, 2.05) is 11.8 Å². The van der Waals surface area contributed by atoms with E-state index in [4.69, 9.17) is 0 Å². The lowest BCUT2D eigenvalue weighted by atomic mass is 10.3. The Hall–Kier alpha value is 0.310. The first-order valence-electron chi connectivity index (χ1n) is 4.03. The zero-order chi connectivity index (χ0) is 7.82. The summed E-state index contributed by atoms with van der Waals surface area (Å²) in [5.74, 6) is 1.23. The molecule has 2 heteroatoms. The van der Waals surface area contributed by atoms with Crippen molar-refractivity contribution < 1.29 is 0 Å². The van der Waals surface area contributed by atoms with Gasteiger partial charge in [-0.15, -0.1) is 0 Å². The van der Waals surface area contributed by atoms with E-state index in [0.29, 0.717) is 6.04 Å². The predicted molar refractivity (Wildman–Crippen MR) is 50.8 cm³/mol. The molecule has 0 radical (unpaired) electrons. The molecule has 0 bridgehead atoms. The minimum Gasteiger partial charge on any atom is -0.313 e. The maximum Gasteiger partial charge on any atom is 0.0129 e. The van der Waals surface area contributed by atoms with Gasteiger partial charge in [0.2, 0.25) is 0 Å². The normalized spacial score (nSPS) is 13.5. The molecule has 1 unspecified atom stereocenters. The maximum atomic E-state index is 3.46. The van der Waals surface area contributed by atoms with E-state index in [1.54, 1.807) is 0 Å². The number of thioether (sulfide) groups is 1. The molecule has 1 N–H and O–H groups in total. The van der Waals surface area contributed by atoms with Crippen LogP contribution in [0.5, 0.6) is 0 Å². The summed E-state index contributed by atoms with van der Waals surface area (Å²) in [7, 11) is 0. The highest BCUT2D eigenvalue weighted by atomic mass is 32.2. The Morgan fingerprint density at radius 2 is 2.20 bits per heavy atom. The van der Waals surface area contributed by atoms with Crippen LogP contribution in [0.4, 0.5) is 0 Å². The van der Waals surface area contributed by atoms with E-state index in [-0.39, 0.29) is 0 Å². The number of unbranched alkanes of at least 4 members (excludes halogenated alkanes) is 1. The van der Waals surface area contributed by atoms with E-state index < -0.39 is 0 Å². The molecule has 0 rings (SSSR count). The Labute approximate surface area is 69.0 Å². The van der Waals surface area contributed by atoms with Gasteiger partial charge in [0.15, 0.2) is 0 Å². The summed E-state index contributed by atoms with van der Waals surface area (Å²) in [4.78, 5) is 0. The molecule has 0 saturated heterocycles. The quantitative estimate of drug-likeness (QED) is 0.599. The second-order valence-electron chi connectivity index (χ2n) is 2.66. The highest BCUT2D eigenvalue weighted by Gasteiger charge is 1.96. The van der Waals surface area contributed by atoms with Crippen LogP contribution >= 0.6 is 11.8 Å². The largest absolute Gasteiger partial charge is 0.313 e. The minimum absolute atomic E-state index is 0.682. The number of hydrogen-bond acceptors (Lipinski definition) is 2. The van der Waals surface area contributed by atoms with Crippen molar-refractivity contribution in [1.82, 2.24) is 5.32 Å². The average Bonchev–Trinajstić information content (AvgIpc) is 1.89. The SMILES string of the molecule is CCCCNC(C)CSC. The number of nitrogens with one attached hydrogen (secondary N) is 1. The average molecular weight is 161 g/mol. The van der Waals surface area contributed by atoms with E-state index in [0.717, 1.165) is 0 Å². The van der Waals surface area contributed by atoms with E-state index in [9.17, 15) is 0 Å². The zero-order valence-corrected chi connectivity index (χ0v) is 8.13. The molecule has 0 aromatic rings. The fourth-order valence-corrected chi connectivity index (χ4v) is 1.45. The predicted octanol–water partition coefficient (Wildman–Crippen LogP) is 2.13. The van der Waals surface area contributed by atoms with Crippen LogP contribution < -0.4 is 5.32 Å². The molecular weight excluding hydrogens is 142 g/mol. The van der Waals surface area contributed by atoms with E-state index in [2.05, 4.69) is 25.4 Å². The van der Waals surface area contributed by atoms with Gasteiger partial charge in [0.05, 0.1) is 0 Å². The summed E-state index contributed by atoms with van der Waals surface area (Å²) in [6.45, 7) is 5.64. The third-order valence-corrected chi connectivity index (χ3v) is 2.27. The van der Waals surface area contributed by atoms with Gasteiger partial charge in [0.1, 0.15) is 0 Å². The summed E-state index contributed by atoms with van der Waals surface area (Å²) < 4.78 is 0. The van der Waals surface area contributed by atoms with Crippen LogP contribution in [0.1, 0.15) is 26.7 Å². The molecule has 0 aromatic heterocycles. The first-order valence-corrected chi connectivity index (χ1v) is 5.43. The second kappa shape index (κ2) is 7.42. The van der Waals surface area contributed by atoms with Crippen LogP contribution in [0.3, 0.4) is 0 Å². The van der Waals surface area contributed by atoms with Crippen LogP contribution in [0, 0.1) is 0 Å². The Morgan fingerprint density at radius 3 is 2.70 bits per heavy atom. The fraction of sp³-hybridized carbons (Fsp3) is 1.00. The summed E-state index contributed by atoms with van der Waals surface area (Å²) in [6, 6.07) is 0.682. The van der Waals surface area contributed by atoms with Crippen molar-refractivity contribution in [3.05, 3.63) is 0 Å². The molecular formula is C8H19NS. The number of hydrogen-bond donors (Lipinski definition) is 1. The molecule has 0 fully saturated rings. The van der Waals surface area contributed by atoms with Crippen molar-refractivity contribution in [2.45, 2.75) is 32.7 Å². The van der Waals surface area contributed by atoms with Gasteiger partial charge in [-0.2, -0.15) is 11.8 Å². The van der Waals surface area contributed by atoms with Gasteiger partial charge in [-0.1, -0.05) is 13.3 Å². The highest BCUT2D eigenvalue weighted by molar-refractivity contribution is 7.98. The van der Waals surface area contributed by atoms with Crippen molar-refractivity contribution in [2.24, 2.45) is 0 Å². The molecule has 0 aliphatic heterocycles. The van der Waals surface area contributed by atoms with Gasteiger partial charge >= 0.3 is 0 Å². The van der Waals surface area contributed by atoms with Gasteiger partial charge in [0.25, 0.3) is 0 Å². The van der Waals surface area contributed by atoms with Crippen LogP contribution in [0.15, 0.2) is 0 Å². The molecule has 10 heavy (non-hydrogen) atoms. The Morgan fingerprint density at radius 1 is 1.50 bits per heavy atom. The zero-order valence-electron chi connectivity index (χ0n) is 7.31. The molecule has 0 aliphatic rings. The lowest BCUT2D eigenvalue weighted by Crippen LogP contribution is -2.28. The molecule has 1 atom stereocenters. The molecule has 0 amide bonds. The summed E-state index contributed by atoms with van der Waals surface area (Å²) in [6.07, 6.45) is 4.75. The van der Waals surface area contributed by atoms with Crippen molar-refractivity contribution in [1.29, 1.82) is 0 Å². The monoisotopic (exact) mass is 161 g/mol. The second-order valence-corrected chi connectivity index (χ2v) is 3.57. The molecule has 0 spiro atoms. The lowest BCUT2D eigenvalue weighted by Gasteiger charge is -2.10. The fourth-order valence-electron chi connectivity index (χ4n) is 0.834. The maximum absolute atomic E-state index is 3.46. The van der Waals surface area contributed by atoms with Gasteiger partial charge in [-0.05, 0) is 26.1 Å². The first-order chi connectivity index (χ1) is 4.81. The molecule has 1 nitrogen and oxygen atoms in total. The Bertz CT molecular complexity index is 66.3. The van der Waals surface area contributed by atoms with E-state index >= 15 is 0 Å². The minimum atomic E-state index is 0.682. The summed E-state index contributed by atoms with van der Waals surface area (Å²) >= 11 is 1.91.